The molecule has 1 N–H and O–H groups in total. The molecule has 3 fully saturated rings. The third kappa shape index (κ3) is 2.93. The Morgan fingerprint density at radius 1 is 1.19 bits per heavy atom. The minimum absolute atomic E-state index is 0.0192. The molecule has 0 aromatic heterocycles. The van der Waals surface area contributed by atoms with E-state index in [0.29, 0.717) is 6.54 Å². The summed E-state index contributed by atoms with van der Waals surface area (Å²) in [6.45, 7) is 5.61. The Morgan fingerprint density at radius 3 is 2.52 bits per heavy atom. The summed E-state index contributed by atoms with van der Waals surface area (Å²) in [7, 11) is 0. The number of nitrogens with zero attached hydrogens (tertiary/aromatic N) is 2. The molecule has 3 aliphatic rings. The lowest BCUT2D eigenvalue weighted by Gasteiger charge is -2.44. The second-order valence-electron chi connectivity index (χ2n) is 6.41. The Balaban J connectivity index is 1.66. The summed E-state index contributed by atoms with van der Waals surface area (Å²) in [5.74, 6) is 2.52. The summed E-state index contributed by atoms with van der Waals surface area (Å²) >= 11 is 1.99. The fraction of sp³-hybridized carbons (Fsp3) is 0.867. The lowest BCUT2D eigenvalue weighted by molar-refractivity contribution is -0.154. The van der Waals surface area contributed by atoms with Gasteiger partial charge >= 0.3 is 0 Å². The maximum absolute atomic E-state index is 12.9. The highest BCUT2D eigenvalue weighted by atomic mass is 32.2. The first kappa shape index (κ1) is 15.2. The summed E-state index contributed by atoms with van der Waals surface area (Å²) in [5, 5.41) is 3.01. The maximum Gasteiger partial charge on any atom is 0.249 e. The topological polar surface area (TPSA) is 52.7 Å². The van der Waals surface area contributed by atoms with Gasteiger partial charge in [0.25, 0.3) is 0 Å². The third-order valence-corrected chi connectivity index (χ3v) is 6.04. The lowest BCUT2D eigenvalue weighted by atomic mass is 9.91. The molecule has 2 heterocycles. The molecule has 3 rings (SSSR count). The SMILES string of the molecule is CC1C(=O)NC2(CCCC2)C(=O)N1CCN1CCSCC1. The summed E-state index contributed by atoms with van der Waals surface area (Å²) in [6.07, 6.45) is 3.69. The summed E-state index contributed by atoms with van der Waals surface area (Å²) in [4.78, 5) is 29.3. The van der Waals surface area contributed by atoms with E-state index in [1.165, 1.54) is 11.5 Å². The van der Waals surface area contributed by atoms with Crippen LogP contribution in [0.5, 0.6) is 0 Å². The van der Waals surface area contributed by atoms with Crippen molar-refractivity contribution in [3.63, 3.8) is 0 Å². The molecule has 0 radical (unpaired) electrons. The normalized spacial score (nSPS) is 30.0. The van der Waals surface area contributed by atoms with Gasteiger partial charge in [0.2, 0.25) is 11.8 Å². The van der Waals surface area contributed by atoms with Gasteiger partial charge in [-0.2, -0.15) is 11.8 Å². The molecule has 21 heavy (non-hydrogen) atoms. The summed E-state index contributed by atoms with van der Waals surface area (Å²) < 4.78 is 0. The zero-order valence-electron chi connectivity index (χ0n) is 12.8. The van der Waals surface area contributed by atoms with Crippen LogP contribution in [0.2, 0.25) is 0 Å². The van der Waals surface area contributed by atoms with Crippen molar-refractivity contribution in [2.75, 3.05) is 37.7 Å². The van der Waals surface area contributed by atoms with Crippen molar-refractivity contribution in [1.82, 2.24) is 15.1 Å². The molecule has 5 nitrogen and oxygen atoms in total. The number of carbonyl (C=O) groups excluding carboxylic acids is 2. The van der Waals surface area contributed by atoms with Gasteiger partial charge in [-0.05, 0) is 19.8 Å². The van der Waals surface area contributed by atoms with Crippen LogP contribution in [-0.2, 0) is 9.59 Å². The van der Waals surface area contributed by atoms with Gasteiger partial charge in [0.1, 0.15) is 11.6 Å². The molecule has 1 saturated carbocycles. The molecule has 0 aromatic carbocycles. The van der Waals surface area contributed by atoms with Crippen molar-refractivity contribution in [2.45, 2.75) is 44.2 Å². The Hall–Kier alpha value is -0.750. The molecule has 1 spiro atoms. The Kier molecular flexibility index (Phi) is 4.45. The van der Waals surface area contributed by atoms with Gasteiger partial charge in [0.15, 0.2) is 0 Å². The predicted molar refractivity (Wildman–Crippen MR) is 84.3 cm³/mol. The molecule has 1 atom stereocenters. The molecule has 2 saturated heterocycles. The zero-order chi connectivity index (χ0) is 14.9. The number of amides is 2. The highest BCUT2D eigenvalue weighted by molar-refractivity contribution is 7.99. The largest absolute Gasteiger partial charge is 0.340 e. The van der Waals surface area contributed by atoms with Crippen LogP contribution in [0, 0.1) is 0 Å². The molecule has 2 aliphatic heterocycles. The minimum atomic E-state index is -0.582. The van der Waals surface area contributed by atoms with E-state index in [1.54, 1.807) is 0 Å². The Bertz CT molecular complexity index is 417. The minimum Gasteiger partial charge on any atom is -0.340 e. The fourth-order valence-electron chi connectivity index (χ4n) is 3.67. The van der Waals surface area contributed by atoms with E-state index in [-0.39, 0.29) is 17.9 Å². The van der Waals surface area contributed by atoms with Crippen LogP contribution < -0.4 is 5.32 Å². The van der Waals surface area contributed by atoms with E-state index in [9.17, 15) is 9.59 Å². The first-order valence-corrected chi connectivity index (χ1v) is 9.21. The van der Waals surface area contributed by atoms with Crippen LogP contribution in [0.4, 0.5) is 0 Å². The number of hydrogen-bond donors (Lipinski definition) is 1. The number of hydrogen-bond acceptors (Lipinski definition) is 4. The van der Waals surface area contributed by atoms with Crippen LogP contribution in [0.25, 0.3) is 0 Å². The van der Waals surface area contributed by atoms with Crippen molar-refractivity contribution < 1.29 is 9.59 Å². The lowest BCUT2D eigenvalue weighted by Crippen LogP contribution is -2.69. The van der Waals surface area contributed by atoms with Gasteiger partial charge in [0, 0.05) is 37.7 Å². The average molecular weight is 311 g/mol. The first-order chi connectivity index (χ1) is 10.1. The van der Waals surface area contributed by atoms with Crippen molar-refractivity contribution in [2.24, 2.45) is 0 Å². The molecular weight excluding hydrogens is 286 g/mol. The van der Waals surface area contributed by atoms with Gasteiger partial charge in [-0.15, -0.1) is 0 Å². The van der Waals surface area contributed by atoms with Crippen LogP contribution in [0.15, 0.2) is 0 Å². The summed E-state index contributed by atoms with van der Waals surface area (Å²) in [5.41, 5.74) is -0.582. The fourth-order valence-corrected chi connectivity index (χ4v) is 4.65. The number of rotatable bonds is 3. The van der Waals surface area contributed by atoms with Crippen molar-refractivity contribution in [3.8, 4) is 0 Å². The van der Waals surface area contributed by atoms with E-state index in [4.69, 9.17) is 0 Å². The second-order valence-corrected chi connectivity index (χ2v) is 7.63. The highest BCUT2D eigenvalue weighted by Crippen LogP contribution is 2.34. The quantitative estimate of drug-likeness (QED) is 0.833. The second kappa shape index (κ2) is 6.16. The van der Waals surface area contributed by atoms with Crippen molar-refractivity contribution >= 4 is 23.6 Å². The average Bonchev–Trinajstić information content (AvgIpc) is 2.96. The maximum atomic E-state index is 12.9. The molecular formula is C15H25N3O2S. The van der Waals surface area contributed by atoms with E-state index in [2.05, 4.69) is 10.2 Å². The predicted octanol–water partition coefficient (Wildman–Crippen LogP) is 0.695. The molecule has 0 bridgehead atoms. The van der Waals surface area contributed by atoms with Crippen LogP contribution >= 0.6 is 11.8 Å². The molecule has 1 aliphatic carbocycles. The van der Waals surface area contributed by atoms with Gasteiger partial charge in [-0.25, -0.2) is 0 Å². The zero-order valence-corrected chi connectivity index (χ0v) is 13.6. The monoisotopic (exact) mass is 311 g/mol. The van der Waals surface area contributed by atoms with E-state index >= 15 is 0 Å². The van der Waals surface area contributed by atoms with Gasteiger partial charge in [0.05, 0.1) is 0 Å². The summed E-state index contributed by atoms with van der Waals surface area (Å²) in [6, 6.07) is -0.331. The number of nitrogens with one attached hydrogen (secondary N) is 1. The van der Waals surface area contributed by atoms with E-state index in [1.807, 2.05) is 23.6 Å². The van der Waals surface area contributed by atoms with Crippen molar-refractivity contribution in [3.05, 3.63) is 0 Å². The van der Waals surface area contributed by atoms with Gasteiger partial charge < -0.3 is 10.2 Å². The Labute approximate surface area is 130 Å². The smallest absolute Gasteiger partial charge is 0.249 e. The molecule has 0 aromatic rings. The van der Waals surface area contributed by atoms with Gasteiger partial charge in [-0.3, -0.25) is 14.5 Å². The number of thioether (sulfide) groups is 1. The van der Waals surface area contributed by atoms with Crippen molar-refractivity contribution in [1.29, 1.82) is 0 Å². The first-order valence-electron chi connectivity index (χ1n) is 8.06. The molecule has 2 amide bonds. The van der Waals surface area contributed by atoms with E-state index < -0.39 is 5.54 Å². The molecule has 118 valence electrons. The van der Waals surface area contributed by atoms with Crippen LogP contribution in [0.3, 0.4) is 0 Å². The number of carbonyl (C=O) groups is 2. The number of piperazine rings is 1. The van der Waals surface area contributed by atoms with Crippen LogP contribution in [0.1, 0.15) is 32.6 Å². The van der Waals surface area contributed by atoms with Gasteiger partial charge in [-0.1, -0.05) is 12.8 Å². The Morgan fingerprint density at radius 2 is 1.86 bits per heavy atom. The van der Waals surface area contributed by atoms with Crippen LogP contribution in [-0.4, -0.2) is 70.9 Å². The molecule has 6 heteroatoms. The molecule has 1 unspecified atom stereocenters. The van der Waals surface area contributed by atoms with E-state index in [0.717, 1.165) is 45.3 Å². The standard InChI is InChI=1S/C15H25N3O2S/c1-12-13(19)16-15(4-2-3-5-15)14(20)18(12)7-6-17-8-10-21-11-9-17/h12H,2-11H2,1H3,(H,16,19). The third-order valence-electron chi connectivity index (χ3n) is 5.10. The highest BCUT2D eigenvalue weighted by Gasteiger charge is 2.50.